The lowest BCUT2D eigenvalue weighted by atomic mass is 9.99. The number of rotatable bonds is 12. The highest BCUT2D eigenvalue weighted by Gasteiger charge is 2.32. The number of carboxylic acid groups (broad SMARTS) is 1. The molecule has 1 saturated heterocycles. The van der Waals surface area contributed by atoms with Crippen molar-refractivity contribution in [1.29, 1.82) is 0 Å². The lowest BCUT2D eigenvalue weighted by Gasteiger charge is -2.36. The highest BCUT2D eigenvalue weighted by atomic mass is 32.2. The second kappa shape index (κ2) is 15.9. The number of hydrogen-bond donors (Lipinski definition) is 3. The molecule has 4 atom stereocenters. The van der Waals surface area contributed by atoms with Crippen molar-refractivity contribution in [3.8, 4) is 11.1 Å². The number of aliphatic hydroxyl groups excluding tert-OH is 1. The van der Waals surface area contributed by atoms with E-state index in [0.29, 0.717) is 18.7 Å². The topological polar surface area (TPSA) is 131 Å². The van der Waals surface area contributed by atoms with E-state index in [1.54, 1.807) is 36.0 Å². The number of hydrogen-bond acceptors (Lipinski definition) is 8. The van der Waals surface area contributed by atoms with Gasteiger partial charge in [-0.1, -0.05) is 66.7 Å². The van der Waals surface area contributed by atoms with Crippen LogP contribution in [0.2, 0.25) is 0 Å². The fourth-order valence-electron chi connectivity index (χ4n) is 5.23. The molecule has 4 unspecified atom stereocenters. The first-order valence-electron chi connectivity index (χ1n) is 15.3. The van der Waals surface area contributed by atoms with Crippen molar-refractivity contribution < 1.29 is 38.8 Å². The van der Waals surface area contributed by atoms with Crippen LogP contribution in [0.25, 0.3) is 11.1 Å². The summed E-state index contributed by atoms with van der Waals surface area (Å²) in [6.45, 7) is 3.07. The molecule has 4 aromatic rings. The second-order valence-electron chi connectivity index (χ2n) is 11.3. The predicted molar refractivity (Wildman–Crippen MR) is 177 cm³/mol. The summed E-state index contributed by atoms with van der Waals surface area (Å²) in [5.74, 6) is -1.17. The molecule has 1 amide bonds. The molecule has 10 heteroatoms. The molecule has 0 radical (unpaired) electrons. The van der Waals surface area contributed by atoms with Gasteiger partial charge >= 0.3 is 11.9 Å². The fourth-order valence-corrected chi connectivity index (χ4v) is 6.16. The van der Waals surface area contributed by atoms with Crippen LogP contribution in [-0.2, 0) is 37.0 Å². The Kier molecular flexibility index (Phi) is 11.4. The lowest BCUT2D eigenvalue weighted by Crippen LogP contribution is -2.35. The van der Waals surface area contributed by atoms with Crippen LogP contribution >= 0.6 is 11.8 Å². The summed E-state index contributed by atoms with van der Waals surface area (Å²) in [5.41, 5.74) is 5.81. The minimum atomic E-state index is -0.956. The summed E-state index contributed by atoms with van der Waals surface area (Å²) in [5, 5.41) is 21.5. The van der Waals surface area contributed by atoms with E-state index >= 15 is 0 Å². The van der Waals surface area contributed by atoms with Crippen LogP contribution in [0.3, 0.4) is 0 Å². The zero-order chi connectivity index (χ0) is 33.3. The van der Waals surface area contributed by atoms with Crippen LogP contribution in [0.15, 0.2) is 102 Å². The minimum Gasteiger partial charge on any atom is -0.478 e. The van der Waals surface area contributed by atoms with Gasteiger partial charge in [0.25, 0.3) is 5.91 Å². The normalized spacial score (nSPS) is 18.2. The molecule has 1 aliphatic heterocycles. The number of amides is 1. The van der Waals surface area contributed by atoms with E-state index in [0.717, 1.165) is 38.3 Å². The van der Waals surface area contributed by atoms with E-state index in [4.69, 9.17) is 14.2 Å². The van der Waals surface area contributed by atoms with Gasteiger partial charge in [0.1, 0.15) is 0 Å². The van der Waals surface area contributed by atoms with Crippen molar-refractivity contribution in [2.24, 2.45) is 0 Å². The van der Waals surface area contributed by atoms with Crippen LogP contribution in [0.5, 0.6) is 0 Å². The number of aliphatic hydroxyl groups is 1. The molecule has 1 aliphatic rings. The van der Waals surface area contributed by atoms with Crippen molar-refractivity contribution in [3.63, 3.8) is 0 Å². The zero-order valence-corrected chi connectivity index (χ0v) is 26.9. The van der Waals surface area contributed by atoms with Gasteiger partial charge < -0.3 is 29.7 Å². The summed E-state index contributed by atoms with van der Waals surface area (Å²) in [4.78, 5) is 35.6. The summed E-state index contributed by atoms with van der Waals surface area (Å²) >= 11 is 1.60. The highest BCUT2D eigenvalue weighted by molar-refractivity contribution is 7.99. The average molecular weight is 656 g/mol. The van der Waals surface area contributed by atoms with E-state index < -0.39 is 24.3 Å². The molecule has 5 rings (SSSR count). The van der Waals surface area contributed by atoms with E-state index in [-0.39, 0.29) is 30.3 Å². The first kappa shape index (κ1) is 33.9. The first-order chi connectivity index (χ1) is 22.7. The number of benzene rings is 4. The molecule has 0 aromatic heterocycles. The number of carbonyl (C=O) groups is 3. The molecule has 9 nitrogen and oxygen atoms in total. The maximum absolute atomic E-state index is 12.3. The Bertz CT molecular complexity index is 1670. The molecular formula is C37H37NO8S. The van der Waals surface area contributed by atoms with Crippen molar-refractivity contribution in [2.45, 2.75) is 62.9 Å². The highest BCUT2D eigenvalue weighted by Crippen LogP contribution is 2.40. The maximum atomic E-state index is 12.3. The second-order valence-corrected chi connectivity index (χ2v) is 12.4. The van der Waals surface area contributed by atoms with Crippen LogP contribution in [0.4, 0.5) is 0 Å². The number of carbonyl (C=O) groups excluding carboxylic acids is 2. The molecule has 1 fully saturated rings. The van der Waals surface area contributed by atoms with Crippen molar-refractivity contribution in [1.82, 2.24) is 5.32 Å². The fraction of sp³-hybridized carbons (Fsp3) is 0.270. The summed E-state index contributed by atoms with van der Waals surface area (Å²) in [6, 6.07) is 30.4. The Labute approximate surface area is 277 Å². The number of ether oxygens (including phenoxy) is 3. The zero-order valence-electron chi connectivity index (χ0n) is 26.1. The maximum Gasteiger partial charge on any atom is 0.335 e. The minimum absolute atomic E-state index is 0.0311. The van der Waals surface area contributed by atoms with Crippen molar-refractivity contribution >= 4 is 29.6 Å². The summed E-state index contributed by atoms with van der Waals surface area (Å²) < 4.78 is 17.9. The number of aromatic carboxylic acids is 1. The van der Waals surface area contributed by atoms with Gasteiger partial charge in [0, 0.05) is 36.1 Å². The van der Waals surface area contributed by atoms with Gasteiger partial charge in [-0.2, -0.15) is 0 Å². The summed E-state index contributed by atoms with van der Waals surface area (Å²) in [6.07, 6.45) is -1.21. The van der Waals surface area contributed by atoms with Gasteiger partial charge in [-0.3, -0.25) is 9.59 Å². The van der Waals surface area contributed by atoms with Gasteiger partial charge in [0.2, 0.25) is 0 Å². The molecule has 0 spiro atoms. The van der Waals surface area contributed by atoms with Gasteiger partial charge in [0.05, 0.1) is 24.4 Å². The average Bonchev–Trinajstić information content (AvgIpc) is 3.09. The number of thioether (sulfide) groups is 1. The van der Waals surface area contributed by atoms with Crippen molar-refractivity contribution in [3.05, 3.63) is 125 Å². The van der Waals surface area contributed by atoms with E-state index in [1.165, 1.54) is 13.8 Å². The molecule has 0 saturated carbocycles. The van der Waals surface area contributed by atoms with Crippen molar-refractivity contribution in [2.75, 3.05) is 5.75 Å². The van der Waals surface area contributed by atoms with E-state index in [2.05, 4.69) is 5.32 Å². The molecule has 3 N–H and O–H groups in total. The first-order valence-corrected chi connectivity index (χ1v) is 16.3. The molecule has 47 heavy (non-hydrogen) atoms. The Morgan fingerprint density at radius 2 is 1.60 bits per heavy atom. The van der Waals surface area contributed by atoms with Gasteiger partial charge in [0.15, 0.2) is 12.4 Å². The molecular weight excluding hydrogens is 618 g/mol. The third kappa shape index (κ3) is 9.30. The summed E-state index contributed by atoms with van der Waals surface area (Å²) in [7, 11) is 0. The lowest BCUT2D eigenvalue weighted by molar-refractivity contribution is -0.245. The molecule has 244 valence electrons. The quantitative estimate of drug-likeness (QED) is 0.116. The SMILES string of the molecule is CC(=O)OC(C)C(=O)NCc1cccc(-c2ccc(C3OC(CSc4ccc(C(=O)O)cc4)CC(c4ccc(CO)cc4)O3)cc2)c1. The molecule has 4 aromatic carbocycles. The van der Waals surface area contributed by atoms with Gasteiger partial charge in [-0.25, -0.2) is 4.79 Å². The van der Waals surface area contributed by atoms with Crippen LogP contribution in [-0.4, -0.2) is 46.0 Å². The standard InChI is InChI=1S/C37H37NO8S/c1-23(44-24(2)40)35(41)38-20-26-4-3-5-31(18-26)27-10-12-30(13-11-27)37-45-32(22-47-33-16-14-29(15-17-33)36(42)43)19-34(46-37)28-8-6-25(21-39)7-9-28/h3-18,23,32,34,37,39H,19-22H2,1-2H3,(H,38,41)(H,42,43). The van der Waals surface area contributed by atoms with E-state index in [9.17, 15) is 24.6 Å². The Morgan fingerprint density at radius 3 is 2.26 bits per heavy atom. The largest absolute Gasteiger partial charge is 0.478 e. The Balaban J connectivity index is 1.28. The number of esters is 1. The predicted octanol–water partition coefficient (Wildman–Crippen LogP) is 6.45. The van der Waals surface area contributed by atoms with Crippen LogP contribution in [0, 0.1) is 0 Å². The monoisotopic (exact) mass is 655 g/mol. The molecule has 1 heterocycles. The van der Waals surface area contributed by atoms with Gasteiger partial charge in [-0.15, -0.1) is 11.8 Å². The smallest absolute Gasteiger partial charge is 0.335 e. The third-order valence-electron chi connectivity index (χ3n) is 7.77. The Morgan fingerprint density at radius 1 is 0.894 bits per heavy atom. The Hall–Kier alpha value is -4.48. The number of nitrogens with one attached hydrogen (secondary N) is 1. The number of carboxylic acids is 1. The van der Waals surface area contributed by atoms with E-state index in [1.807, 2.05) is 72.8 Å². The third-order valence-corrected chi connectivity index (χ3v) is 8.92. The van der Waals surface area contributed by atoms with Crippen LogP contribution < -0.4 is 5.32 Å². The molecule has 0 bridgehead atoms. The van der Waals surface area contributed by atoms with Crippen LogP contribution in [0.1, 0.15) is 65.3 Å². The van der Waals surface area contributed by atoms with Gasteiger partial charge in [-0.05, 0) is 65.1 Å². The molecule has 0 aliphatic carbocycles.